The molecule has 3 rings (SSSR count). The fourth-order valence-electron chi connectivity index (χ4n) is 3.88. The lowest BCUT2D eigenvalue weighted by molar-refractivity contribution is -0.141. The van der Waals surface area contributed by atoms with Crippen LogP contribution in [0.2, 0.25) is 0 Å². The molecule has 8 nitrogen and oxygen atoms in total. The van der Waals surface area contributed by atoms with Crippen molar-refractivity contribution in [1.82, 2.24) is 15.2 Å². The number of nitrogens with one attached hydrogen (secondary N) is 2. The van der Waals surface area contributed by atoms with E-state index in [2.05, 4.69) is 10.3 Å². The molecule has 3 N–H and O–H groups in total. The maximum Gasteiger partial charge on any atom is 0.305 e. The highest BCUT2D eigenvalue weighted by molar-refractivity contribution is 5.89. The molecular formula is C20H25N3O5. The van der Waals surface area contributed by atoms with E-state index in [4.69, 9.17) is 4.74 Å². The second kappa shape index (κ2) is 8.43. The van der Waals surface area contributed by atoms with Gasteiger partial charge < -0.3 is 25.0 Å². The number of fused-ring (bicyclic) bond motifs is 1. The Bertz CT molecular complexity index is 878. The predicted octanol–water partition coefficient (Wildman–Crippen LogP) is 1.31. The quantitative estimate of drug-likeness (QED) is 0.663. The third-order valence-corrected chi connectivity index (χ3v) is 5.18. The molecule has 150 valence electrons. The van der Waals surface area contributed by atoms with Crippen molar-refractivity contribution < 1.29 is 24.2 Å². The number of hydrogen-bond donors (Lipinski definition) is 3. The van der Waals surface area contributed by atoms with Crippen LogP contribution in [0.4, 0.5) is 0 Å². The van der Waals surface area contributed by atoms with E-state index in [1.54, 1.807) is 7.11 Å². The molecule has 0 saturated carbocycles. The first-order valence-corrected chi connectivity index (χ1v) is 9.26. The van der Waals surface area contributed by atoms with Crippen molar-refractivity contribution in [3.8, 4) is 0 Å². The molecule has 1 fully saturated rings. The normalized spacial score (nSPS) is 20.3. The molecular weight excluding hydrogens is 362 g/mol. The summed E-state index contributed by atoms with van der Waals surface area (Å²) in [5, 5.41) is 12.9. The molecule has 8 heteroatoms. The number of ether oxygens (including phenoxy) is 1. The van der Waals surface area contributed by atoms with Crippen molar-refractivity contribution in [2.45, 2.75) is 44.4 Å². The molecule has 0 aliphatic carbocycles. The van der Waals surface area contributed by atoms with Gasteiger partial charge in [0.15, 0.2) is 0 Å². The van der Waals surface area contributed by atoms with Gasteiger partial charge in [0.1, 0.15) is 6.04 Å². The third kappa shape index (κ3) is 4.33. The van der Waals surface area contributed by atoms with Crippen LogP contribution in [0, 0.1) is 0 Å². The minimum absolute atomic E-state index is 0.147. The van der Waals surface area contributed by atoms with Crippen LogP contribution >= 0.6 is 0 Å². The van der Waals surface area contributed by atoms with Gasteiger partial charge in [-0.1, -0.05) is 18.2 Å². The van der Waals surface area contributed by atoms with E-state index in [9.17, 15) is 19.5 Å². The molecule has 2 amide bonds. The van der Waals surface area contributed by atoms with Gasteiger partial charge in [0, 0.05) is 50.1 Å². The van der Waals surface area contributed by atoms with Crippen molar-refractivity contribution >= 4 is 28.7 Å². The number of aromatic nitrogens is 1. The first-order valence-electron chi connectivity index (χ1n) is 9.26. The Morgan fingerprint density at radius 1 is 1.36 bits per heavy atom. The van der Waals surface area contributed by atoms with Crippen LogP contribution in [-0.2, 0) is 25.5 Å². The Balaban J connectivity index is 1.84. The van der Waals surface area contributed by atoms with E-state index in [1.807, 2.05) is 30.5 Å². The summed E-state index contributed by atoms with van der Waals surface area (Å²) in [7, 11) is 1.55. The van der Waals surface area contributed by atoms with Crippen molar-refractivity contribution in [3.63, 3.8) is 0 Å². The molecule has 0 spiro atoms. The lowest BCUT2D eigenvalue weighted by Crippen LogP contribution is -2.51. The van der Waals surface area contributed by atoms with Gasteiger partial charge in [0.05, 0.1) is 12.5 Å². The fourth-order valence-corrected chi connectivity index (χ4v) is 3.88. The van der Waals surface area contributed by atoms with Gasteiger partial charge in [-0.15, -0.1) is 0 Å². The van der Waals surface area contributed by atoms with Crippen LogP contribution in [-0.4, -0.2) is 64.6 Å². The average Bonchev–Trinajstić information content (AvgIpc) is 3.24. The lowest BCUT2D eigenvalue weighted by Gasteiger charge is -2.28. The maximum absolute atomic E-state index is 13.2. The molecule has 3 atom stereocenters. The number of amides is 2. The number of likely N-dealkylation sites (tertiary alicyclic amines) is 1. The Kier molecular flexibility index (Phi) is 5.99. The molecule has 28 heavy (non-hydrogen) atoms. The highest BCUT2D eigenvalue weighted by Crippen LogP contribution is 2.25. The first kappa shape index (κ1) is 19.9. The van der Waals surface area contributed by atoms with Crippen molar-refractivity contribution in [1.29, 1.82) is 0 Å². The van der Waals surface area contributed by atoms with Crippen LogP contribution < -0.4 is 5.32 Å². The number of H-pyrrole nitrogens is 1. The highest BCUT2D eigenvalue weighted by atomic mass is 16.5. The van der Waals surface area contributed by atoms with E-state index in [1.165, 1.54) is 11.8 Å². The van der Waals surface area contributed by atoms with Gasteiger partial charge in [-0.2, -0.15) is 0 Å². The summed E-state index contributed by atoms with van der Waals surface area (Å²) < 4.78 is 5.35. The second-order valence-corrected chi connectivity index (χ2v) is 7.15. The van der Waals surface area contributed by atoms with Gasteiger partial charge in [-0.3, -0.25) is 14.4 Å². The summed E-state index contributed by atoms with van der Waals surface area (Å²) in [6, 6.07) is 6.52. The minimum Gasteiger partial charge on any atom is -0.481 e. The van der Waals surface area contributed by atoms with Gasteiger partial charge >= 0.3 is 5.97 Å². The van der Waals surface area contributed by atoms with Crippen LogP contribution in [0.1, 0.15) is 25.3 Å². The largest absolute Gasteiger partial charge is 0.481 e. The Morgan fingerprint density at radius 2 is 2.11 bits per heavy atom. The van der Waals surface area contributed by atoms with Gasteiger partial charge in [-0.05, 0) is 18.1 Å². The monoisotopic (exact) mass is 387 g/mol. The summed E-state index contributed by atoms with van der Waals surface area (Å²) in [6.45, 7) is 1.68. The van der Waals surface area contributed by atoms with Crippen LogP contribution in [0.25, 0.3) is 10.9 Å². The predicted molar refractivity (Wildman–Crippen MR) is 103 cm³/mol. The van der Waals surface area contributed by atoms with E-state index in [-0.39, 0.29) is 24.3 Å². The zero-order valence-electron chi connectivity index (χ0n) is 16.0. The van der Waals surface area contributed by atoms with E-state index >= 15 is 0 Å². The number of benzene rings is 1. The number of methoxy groups -OCH3 is 1. The molecule has 2 heterocycles. The Hall–Kier alpha value is -2.87. The van der Waals surface area contributed by atoms with Gasteiger partial charge in [0.2, 0.25) is 11.8 Å². The number of carboxylic acids is 1. The maximum atomic E-state index is 13.2. The molecule has 0 bridgehead atoms. The number of carbonyl (C=O) groups is 3. The summed E-state index contributed by atoms with van der Waals surface area (Å²) in [4.78, 5) is 40.9. The molecule has 0 radical (unpaired) electrons. The Labute approximate surface area is 162 Å². The number of carbonyl (C=O) groups excluding carboxylic acids is 2. The number of carboxylic acid groups (broad SMARTS) is 1. The summed E-state index contributed by atoms with van der Waals surface area (Å²) in [5.41, 5.74) is 1.87. The molecule has 1 saturated heterocycles. The van der Waals surface area contributed by atoms with Gasteiger partial charge in [-0.25, -0.2) is 0 Å². The summed E-state index contributed by atoms with van der Waals surface area (Å²) >= 11 is 0. The molecule has 1 aliphatic rings. The summed E-state index contributed by atoms with van der Waals surface area (Å²) in [6.07, 6.45) is 2.26. The number of aromatic amines is 1. The van der Waals surface area contributed by atoms with Crippen molar-refractivity contribution in [3.05, 3.63) is 36.0 Å². The van der Waals surface area contributed by atoms with E-state index in [0.29, 0.717) is 19.4 Å². The van der Waals surface area contributed by atoms with Gasteiger partial charge in [0.25, 0.3) is 0 Å². The SMILES string of the molecule is COC1CC(CC(=O)O)N(C(=O)C(Cc2c[nH]c3ccccc23)NC(C)=O)C1. The number of hydrogen-bond acceptors (Lipinski definition) is 4. The van der Waals surface area contributed by atoms with E-state index in [0.717, 1.165) is 16.5 Å². The number of nitrogens with zero attached hydrogens (tertiary/aromatic N) is 1. The van der Waals surface area contributed by atoms with Crippen molar-refractivity contribution in [2.24, 2.45) is 0 Å². The smallest absolute Gasteiger partial charge is 0.305 e. The van der Waals surface area contributed by atoms with E-state index < -0.39 is 18.1 Å². The zero-order valence-corrected chi connectivity index (χ0v) is 16.0. The molecule has 1 aromatic carbocycles. The zero-order chi connectivity index (χ0) is 20.3. The lowest BCUT2D eigenvalue weighted by atomic mass is 10.0. The minimum atomic E-state index is -0.966. The second-order valence-electron chi connectivity index (χ2n) is 7.15. The Morgan fingerprint density at radius 3 is 2.79 bits per heavy atom. The van der Waals surface area contributed by atoms with Crippen LogP contribution in [0.5, 0.6) is 0 Å². The van der Waals surface area contributed by atoms with Crippen LogP contribution in [0.15, 0.2) is 30.5 Å². The first-order chi connectivity index (χ1) is 13.4. The average molecular weight is 387 g/mol. The molecule has 3 unspecified atom stereocenters. The molecule has 1 aliphatic heterocycles. The molecule has 2 aromatic rings. The van der Waals surface area contributed by atoms with Crippen molar-refractivity contribution in [2.75, 3.05) is 13.7 Å². The summed E-state index contributed by atoms with van der Waals surface area (Å²) in [5.74, 6) is -1.56. The van der Waals surface area contributed by atoms with Crippen LogP contribution in [0.3, 0.4) is 0 Å². The standard InChI is InChI=1S/C20H25N3O5/c1-12(24)22-18(7-13-10-21-17-6-4-3-5-16(13)17)20(27)23-11-15(28-2)8-14(23)9-19(25)26/h3-6,10,14-15,18,21H,7-9,11H2,1-2H3,(H,22,24)(H,25,26). The fraction of sp³-hybridized carbons (Fsp3) is 0.450. The third-order valence-electron chi connectivity index (χ3n) is 5.18. The number of para-hydroxylation sites is 1. The number of rotatable bonds is 7. The molecule has 1 aromatic heterocycles. The number of aliphatic carboxylic acids is 1. The topological polar surface area (TPSA) is 112 Å². The highest BCUT2D eigenvalue weighted by Gasteiger charge is 2.39.